The number of likely N-dealkylation sites (tertiary alicyclic amines) is 1. The second-order valence-corrected chi connectivity index (χ2v) is 14.3. The van der Waals surface area contributed by atoms with Crippen molar-refractivity contribution in [1.29, 1.82) is 0 Å². The number of amides is 6. The molecule has 282 valence electrons. The molecular weight excluding hydrogens is 704 g/mol. The smallest absolute Gasteiger partial charge is 0.264 e. The normalized spacial score (nSPS) is 18.6. The third kappa shape index (κ3) is 7.27. The first-order valence-corrected chi connectivity index (χ1v) is 18.4. The molecule has 3 aromatic carbocycles. The molecule has 0 spiro atoms. The molecule has 8 rings (SSSR count). The van der Waals surface area contributed by atoms with E-state index in [4.69, 9.17) is 4.98 Å². The van der Waals surface area contributed by atoms with Crippen molar-refractivity contribution >= 4 is 68.8 Å². The fourth-order valence-electron chi connectivity index (χ4n) is 7.70. The summed E-state index contributed by atoms with van der Waals surface area (Å²) >= 11 is 0. The minimum Gasteiger partial charge on any atom is -0.384 e. The van der Waals surface area contributed by atoms with Gasteiger partial charge in [-0.3, -0.25) is 48.6 Å². The van der Waals surface area contributed by atoms with Gasteiger partial charge in [0.1, 0.15) is 11.9 Å². The molecule has 0 bridgehead atoms. The summed E-state index contributed by atoms with van der Waals surface area (Å²) in [5.41, 5.74) is 4.61. The van der Waals surface area contributed by atoms with Crippen LogP contribution in [0.2, 0.25) is 0 Å². The molecule has 2 unspecified atom stereocenters. The number of carbonyl (C=O) groups is 6. The van der Waals surface area contributed by atoms with E-state index in [0.29, 0.717) is 35.9 Å². The van der Waals surface area contributed by atoms with Crippen molar-refractivity contribution in [2.45, 2.75) is 44.7 Å². The molecule has 16 nitrogen and oxygen atoms in total. The second-order valence-electron chi connectivity index (χ2n) is 14.3. The number of carbonyl (C=O) groups excluding carboxylic acids is 6. The van der Waals surface area contributed by atoms with Gasteiger partial charge >= 0.3 is 0 Å². The summed E-state index contributed by atoms with van der Waals surface area (Å²) in [7, 11) is 1.86. The Hall–Kier alpha value is -6.42. The van der Waals surface area contributed by atoms with Crippen LogP contribution in [-0.4, -0.2) is 97.2 Å². The van der Waals surface area contributed by atoms with Crippen LogP contribution in [0.5, 0.6) is 0 Å². The Balaban J connectivity index is 0.770. The van der Waals surface area contributed by atoms with Crippen LogP contribution in [-0.2, 0) is 28.0 Å². The molecule has 2 saturated heterocycles. The van der Waals surface area contributed by atoms with E-state index in [0.717, 1.165) is 58.6 Å². The molecule has 2 atom stereocenters. The van der Waals surface area contributed by atoms with Crippen molar-refractivity contribution in [1.82, 2.24) is 40.2 Å². The topological polar surface area (TPSA) is 204 Å². The predicted molar refractivity (Wildman–Crippen MR) is 202 cm³/mol. The number of benzene rings is 3. The van der Waals surface area contributed by atoms with Crippen LogP contribution in [0.25, 0.3) is 21.9 Å². The Labute approximate surface area is 315 Å². The highest BCUT2D eigenvalue weighted by Gasteiger charge is 2.45. The number of nitrogens with zero attached hydrogens (tertiary/aromatic N) is 5. The van der Waals surface area contributed by atoms with Crippen LogP contribution in [0.4, 0.5) is 11.4 Å². The predicted octanol–water partition coefficient (Wildman–Crippen LogP) is 2.93. The lowest BCUT2D eigenvalue weighted by molar-refractivity contribution is -0.136. The van der Waals surface area contributed by atoms with Crippen molar-refractivity contribution in [2.75, 3.05) is 36.8 Å². The SMILES string of the molecule is Cn1ncc2cc(C(=O)Nc3ccc4nc(CN5CCC(CCNC(=O)CCNc6cccc7c6C(=O)N(C6CCC(=O)NC6=O)C7=O)C5)[nH]c4c3)ccc21. The maximum absolute atomic E-state index is 13.3. The lowest BCUT2D eigenvalue weighted by Crippen LogP contribution is -2.54. The minimum absolute atomic E-state index is 0.0455. The molecule has 3 aliphatic rings. The van der Waals surface area contributed by atoms with Gasteiger partial charge in [-0.15, -0.1) is 0 Å². The molecule has 3 aliphatic heterocycles. The summed E-state index contributed by atoms with van der Waals surface area (Å²) in [5, 5.41) is 16.4. The molecular formula is C39H40N10O6. The summed E-state index contributed by atoms with van der Waals surface area (Å²) in [5.74, 6) is -1.32. The van der Waals surface area contributed by atoms with Crippen molar-refractivity contribution in [2.24, 2.45) is 13.0 Å². The third-order valence-corrected chi connectivity index (χ3v) is 10.6. The number of aromatic nitrogens is 4. The summed E-state index contributed by atoms with van der Waals surface area (Å²) < 4.78 is 1.77. The number of aryl methyl sites for hydroxylation is 1. The number of imidazole rings is 1. The molecule has 5 heterocycles. The van der Waals surface area contributed by atoms with Crippen LogP contribution >= 0.6 is 0 Å². The van der Waals surface area contributed by atoms with Gasteiger partial charge in [0, 0.05) is 61.8 Å². The molecule has 16 heteroatoms. The second kappa shape index (κ2) is 14.8. The van der Waals surface area contributed by atoms with Crippen LogP contribution in [0, 0.1) is 5.92 Å². The maximum atomic E-state index is 13.3. The number of hydrogen-bond donors (Lipinski definition) is 5. The minimum atomic E-state index is -1.04. The summed E-state index contributed by atoms with van der Waals surface area (Å²) in [4.78, 5) is 87.4. The number of nitrogens with one attached hydrogen (secondary N) is 5. The average molecular weight is 745 g/mol. The molecule has 0 saturated carbocycles. The van der Waals surface area contributed by atoms with Gasteiger partial charge in [0.15, 0.2) is 0 Å². The Bertz CT molecular complexity index is 2380. The highest BCUT2D eigenvalue weighted by atomic mass is 16.2. The zero-order valence-electron chi connectivity index (χ0n) is 30.2. The fourth-order valence-corrected chi connectivity index (χ4v) is 7.70. The number of piperidine rings is 1. The number of fused-ring (bicyclic) bond motifs is 3. The van der Waals surface area contributed by atoms with Gasteiger partial charge in [0.05, 0.1) is 40.4 Å². The van der Waals surface area contributed by atoms with Crippen molar-refractivity contribution in [3.05, 3.63) is 83.3 Å². The van der Waals surface area contributed by atoms with E-state index >= 15 is 0 Å². The van der Waals surface area contributed by atoms with Crippen molar-refractivity contribution < 1.29 is 28.8 Å². The summed E-state index contributed by atoms with van der Waals surface area (Å²) in [6, 6.07) is 14.9. The summed E-state index contributed by atoms with van der Waals surface area (Å²) in [6.07, 6.45) is 3.88. The fraction of sp³-hybridized carbons (Fsp3) is 0.333. The molecule has 6 amide bonds. The van der Waals surface area contributed by atoms with Gasteiger partial charge < -0.3 is 20.9 Å². The van der Waals surface area contributed by atoms with Gasteiger partial charge in [-0.25, -0.2) is 4.98 Å². The molecule has 5 N–H and O–H groups in total. The average Bonchev–Trinajstić information content (AvgIpc) is 3.94. The monoisotopic (exact) mass is 744 g/mol. The Morgan fingerprint density at radius 1 is 0.982 bits per heavy atom. The zero-order chi connectivity index (χ0) is 38.2. The van der Waals surface area contributed by atoms with Crippen LogP contribution < -0.4 is 21.3 Å². The van der Waals surface area contributed by atoms with Crippen molar-refractivity contribution in [3.8, 4) is 0 Å². The molecule has 55 heavy (non-hydrogen) atoms. The van der Waals surface area contributed by atoms with E-state index in [9.17, 15) is 28.8 Å². The third-order valence-electron chi connectivity index (χ3n) is 10.6. The quantitative estimate of drug-likeness (QED) is 0.118. The van der Waals surface area contributed by atoms with Gasteiger partial charge in [-0.05, 0) is 80.3 Å². The molecule has 0 aliphatic carbocycles. The van der Waals surface area contributed by atoms with Gasteiger partial charge in [0.25, 0.3) is 17.7 Å². The molecule has 0 radical (unpaired) electrons. The lowest BCUT2D eigenvalue weighted by Gasteiger charge is -2.27. The highest BCUT2D eigenvalue weighted by Crippen LogP contribution is 2.32. The van der Waals surface area contributed by atoms with E-state index in [1.165, 1.54) is 6.07 Å². The highest BCUT2D eigenvalue weighted by molar-refractivity contribution is 6.25. The lowest BCUT2D eigenvalue weighted by atomic mass is 10.0. The van der Waals surface area contributed by atoms with Crippen LogP contribution in [0.3, 0.4) is 0 Å². The van der Waals surface area contributed by atoms with Crippen LogP contribution in [0.15, 0.2) is 60.8 Å². The van der Waals surface area contributed by atoms with E-state index in [1.807, 2.05) is 37.4 Å². The number of H-pyrrole nitrogens is 1. The Morgan fingerprint density at radius 2 is 1.85 bits per heavy atom. The number of imide groups is 2. The van der Waals surface area contributed by atoms with E-state index < -0.39 is 29.7 Å². The van der Waals surface area contributed by atoms with E-state index in [-0.39, 0.29) is 48.7 Å². The Kier molecular flexibility index (Phi) is 9.57. The van der Waals surface area contributed by atoms with E-state index in [2.05, 4.69) is 36.2 Å². The first-order valence-electron chi connectivity index (χ1n) is 18.4. The number of rotatable bonds is 12. The number of aromatic amines is 1. The zero-order valence-corrected chi connectivity index (χ0v) is 30.2. The molecule has 5 aromatic rings. The standard InChI is InChI=1S/C39H40N10O6/c1-47-30-8-5-23(17-24(30)19-42-47)36(52)43-25-6-7-27-29(18-25)45-32(44-27)21-48-16-13-22(20-48)11-14-41-33(50)12-15-40-28-4-2-3-26-35(28)39(55)49(38(26)54)31-9-10-34(51)46-37(31)53/h2-8,17-19,22,31,40H,9-16,20-21H2,1H3,(H,41,50)(H,43,52)(H,44,45)(H,46,51,53). The molecule has 2 aromatic heterocycles. The largest absolute Gasteiger partial charge is 0.384 e. The first-order chi connectivity index (χ1) is 26.6. The summed E-state index contributed by atoms with van der Waals surface area (Å²) in [6.45, 7) is 3.26. The van der Waals surface area contributed by atoms with Crippen LogP contribution in [0.1, 0.15) is 69.0 Å². The maximum Gasteiger partial charge on any atom is 0.264 e. The van der Waals surface area contributed by atoms with Gasteiger partial charge in [-0.1, -0.05) is 6.07 Å². The first kappa shape index (κ1) is 35.6. The molecule has 2 fully saturated rings. The Morgan fingerprint density at radius 3 is 2.71 bits per heavy atom. The number of hydrogen-bond acceptors (Lipinski definition) is 10. The van der Waals surface area contributed by atoms with E-state index in [1.54, 1.807) is 29.1 Å². The van der Waals surface area contributed by atoms with Crippen molar-refractivity contribution in [3.63, 3.8) is 0 Å². The number of anilines is 2. The van der Waals surface area contributed by atoms with Gasteiger partial charge in [0.2, 0.25) is 17.7 Å². The van der Waals surface area contributed by atoms with Gasteiger partial charge in [-0.2, -0.15) is 5.10 Å².